The van der Waals surface area contributed by atoms with Gasteiger partial charge in [-0.25, -0.2) is 13.8 Å². The maximum atomic E-state index is 13.9. The highest BCUT2D eigenvalue weighted by Gasteiger charge is 2.25. The number of rotatable bonds is 6. The van der Waals surface area contributed by atoms with Gasteiger partial charge in [-0.2, -0.15) is 0 Å². The van der Waals surface area contributed by atoms with Gasteiger partial charge in [-0.05, 0) is 37.1 Å². The Labute approximate surface area is 169 Å². The predicted octanol–water partition coefficient (Wildman–Crippen LogP) is 4.37. The van der Waals surface area contributed by atoms with Crippen LogP contribution < -0.4 is 4.74 Å². The van der Waals surface area contributed by atoms with Crippen LogP contribution >= 0.6 is 15.9 Å². The summed E-state index contributed by atoms with van der Waals surface area (Å²) in [6.07, 6.45) is 0.717. The van der Waals surface area contributed by atoms with Gasteiger partial charge in [-0.15, -0.1) is 0 Å². The zero-order valence-electron chi connectivity index (χ0n) is 14.9. The van der Waals surface area contributed by atoms with Crippen LogP contribution in [0.2, 0.25) is 0 Å². The summed E-state index contributed by atoms with van der Waals surface area (Å²) in [5.74, 6) is -1.41. The Balaban J connectivity index is 1.54. The molecule has 2 unspecified atom stereocenters. The van der Waals surface area contributed by atoms with Crippen molar-refractivity contribution in [2.75, 3.05) is 13.2 Å². The average Bonchev–Trinajstić information content (AvgIpc) is 3.29. The summed E-state index contributed by atoms with van der Waals surface area (Å²) in [5, 5.41) is 10.5. The lowest BCUT2D eigenvalue weighted by atomic mass is 10.2. The van der Waals surface area contributed by atoms with E-state index in [0.29, 0.717) is 6.61 Å². The molecule has 2 aromatic carbocycles. The second-order valence-electron chi connectivity index (χ2n) is 6.73. The number of hydrogen-bond acceptors (Lipinski definition) is 4. The van der Waals surface area contributed by atoms with Crippen molar-refractivity contribution in [2.24, 2.45) is 0 Å². The van der Waals surface area contributed by atoms with E-state index in [1.807, 2.05) is 28.8 Å². The lowest BCUT2D eigenvalue weighted by Gasteiger charge is -2.18. The van der Waals surface area contributed by atoms with Crippen LogP contribution in [0.5, 0.6) is 5.75 Å². The third-order valence-corrected chi connectivity index (χ3v) is 5.14. The molecule has 0 bridgehead atoms. The zero-order chi connectivity index (χ0) is 19.7. The fourth-order valence-electron chi connectivity index (χ4n) is 3.42. The van der Waals surface area contributed by atoms with E-state index in [9.17, 15) is 13.9 Å². The molecule has 1 fully saturated rings. The van der Waals surface area contributed by atoms with Gasteiger partial charge in [0, 0.05) is 11.1 Å². The number of hydrogen-bond donors (Lipinski definition) is 1. The molecule has 4 rings (SSSR count). The summed E-state index contributed by atoms with van der Waals surface area (Å²) in [6, 6.07) is 9.85. The van der Waals surface area contributed by atoms with E-state index in [1.165, 1.54) is 0 Å². The Bertz CT molecular complexity index is 966. The van der Waals surface area contributed by atoms with Crippen molar-refractivity contribution in [3.8, 4) is 5.75 Å². The van der Waals surface area contributed by atoms with Gasteiger partial charge in [0.05, 0.1) is 17.6 Å². The van der Waals surface area contributed by atoms with Gasteiger partial charge in [0.25, 0.3) is 0 Å². The van der Waals surface area contributed by atoms with Crippen LogP contribution in [0.4, 0.5) is 8.78 Å². The molecule has 0 aliphatic carbocycles. The molecule has 1 N–H and O–H groups in total. The van der Waals surface area contributed by atoms with Gasteiger partial charge in [-0.3, -0.25) is 0 Å². The van der Waals surface area contributed by atoms with Gasteiger partial charge in [0.1, 0.15) is 24.6 Å². The maximum Gasteiger partial charge on any atom is 0.190 e. The number of imidazole rings is 1. The molecule has 2 heterocycles. The molecule has 0 amide bonds. The van der Waals surface area contributed by atoms with Crippen LogP contribution in [-0.4, -0.2) is 34.0 Å². The van der Waals surface area contributed by atoms with Crippen molar-refractivity contribution in [3.63, 3.8) is 0 Å². The first-order valence-corrected chi connectivity index (χ1v) is 9.84. The smallest absolute Gasteiger partial charge is 0.190 e. The third-order valence-electron chi connectivity index (χ3n) is 4.68. The van der Waals surface area contributed by atoms with Crippen molar-refractivity contribution >= 4 is 27.0 Å². The van der Waals surface area contributed by atoms with Gasteiger partial charge in [-0.1, -0.05) is 28.1 Å². The molecular weight excluding hydrogens is 434 g/mol. The lowest BCUT2D eigenvalue weighted by molar-refractivity contribution is 0.0780. The van der Waals surface area contributed by atoms with E-state index in [1.54, 1.807) is 0 Å². The summed E-state index contributed by atoms with van der Waals surface area (Å²) < 4.78 is 41.0. The first kappa shape index (κ1) is 19.3. The number of benzene rings is 2. The number of nitrogens with zero attached hydrogens (tertiary/aromatic N) is 2. The Morgan fingerprint density at radius 1 is 1.29 bits per heavy atom. The van der Waals surface area contributed by atoms with Gasteiger partial charge in [0.15, 0.2) is 17.4 Å². The molecule has 28 heavy (non-hydrogen) atoms. The standard InChI is InChI=1S/C20H19BrF2N2O3/c21-12-8-14(22)19(15(23)9-12)28-11-13(26)10-25-17-5-2-1-4-16(17)24-20(25)18-6-3-7-27-18/h1-2,4-5,8-9,13,18,26H,3,6-7,10-11H2. The summed E-state index contributed by atoms with van der Waals surface area (Å²) in [7, 11) is 0. The molecule has 8 heteroatoms. The van der Waals surface area contributed by atoms with Crippen molar-refractivity contribution < 1.29 is 23.4 Å². The van der Waals surface area contributed by atoms with Crippen molar-refractivity contribution in [1.82, 2.24) is 9.55 Å². The zero-order valence-corrected chi connectivity index (χ0v) is 16.5. The summed E-state index contributed by atoms with van der Waals surface area (Å²) in [5.41, 5.74) is 1.68. The van der Waals surface area contributed by atoms with Gasteiger partial charge in [0.2, 0.25) is 0 Å². The number of para-hydroxylation sites is 2. The molecule has 0 spiro atoms. The van der Waals surface area contributed by atoms with Crippen LogP contribution in [0.3, 0.4) is 0 Å². The molecule has 3 aromatic rings. The number of aliphatic hydroxyl groups excluding tert-OH is 1. The Morgan fingerprint density at radius 3 is 2.75 bits per heavy atom. The molecule has 1 aliphatic rings. The van der Waals surface area contributed by atoms with E-state index >= 15 is 0 Å². The minimum atomic E-state index is -0.986. The van der Waals surface area contributed by atoms with E-state index < -0.39 is 23.5 Å². The topological polar surface area (TPSA) is 56.5 Å². The van der Waals surface area contributed by atoms with E-state index in [4.69, 9.17) is 9.47 Å². The average molecular weight is 453 g/mol. The van der Waals surface area contributed by atoms with Crippen LogP contribution in [0.1, 0.15) is 24.8 Å². The largest absolute Gasteiger partial charge is 0.485 e. The molecule has 1 saturated heterocycles. The Kier molecular flexibility index (Phi) is 5.61. The van der Waals surface area contributed by atoms with E-state index in [0.717, 1.165) is 41.8 Å². The first-order valence-electron chi connectivity index (χ1n) is 9.05. The number of halogens is 3. The quantitative estimate of drug-likeness (QED) is 0.603. The van der Waals surface area contributed by atoms with Gasteiger partial charge >= 0.3 is 0 Å². The molecular formula is C20H19BrF2N2O3. The summed E-state index contributed by atoms with van der Waals surface area (Å²) in [6.45, 7) is 0.601. The minimum Gasteiger partial charge on any atom is -0.485 e. The molecule has 1 aliphatic heterocycles. The fraction of sp³-hybridized carbons (Fsp3) is 0.350. The summed E-state index contributed by atoms with van der Waals surface area (Å²) >= 11 is 3.02. The van der Waals surface area contributed by atoms with Crippen LogP contribution in [0.15, 0.2) is 40.9 Å². The fourth-order valence-corrected chi connectivity index (χ4v) is 3.82. The Morgan fingerprint density at radius 2 is 2.04 bits per heavy atom. The van der Waals surface area contributed by atoms with E-state index in [2.05, 4.69) is 20.9 Å². The van der Waals surface area contributed by atoms with E-state index in [-0.39, 0.29) is 23.7 Å². The second kappa shape index (κ2) is 8.14. The minimum absolute atomic E-state index is 0.123. The lowest BCUT2D eigenvalue weighted by Crippen LogP contribution is -2.25. The van der Waals surface area contributed by atoms with Crippen molar-refractivity contribution in [1.29, 1.82) is 0 Å². The van der Waals surface area contributed by atoms with Crippen LogP contribution in [-0.2, 0) is 11.3 Å². The molecule has 148 valence electrons. The SMILES string of the molecule is OC(COc1c(F)cc(Br)cc1F)Cn1c(C2CCCO2)nc2ccccc21. The van der Waals surface area contributed by atoms with Crippen LogP contribution in [0, 0.1) is 11.6 Å². The highest BCUT2D eigenvalue weighted by atomic mass is 79.9. The number of aliphatic hydroxyl groups is 1. The molecule has 0 radical (unpaired) electrons. The van der Waals surface area contributed by atoms with Crippen molar-refractivity contribution in [3.05, 3.63) is 58.3 Å². The number of fused-ring (bicyclic) bond motifs is 1. The third kappa shape index (κ3) is 3.90. The summed E-state index contributed by atoms with van der Waals surface area (Å²) in [4.78, 5) is 4.66. The molecule has 0 saturated carbocycles. The highest BCUT2D eigenvalue weighted by molar-refractivity contribution is 9.10. The maximum absolute atomic E-state index is 13.9. The monoisotopic (exact) mass is 452 g/mol. The highest BCUT2D eigenvalue weighted by Crippen LogP contribution is 2.31. The van der Waals surface area contributed by atoms with Gasteiger partial charge < -0.3 is 19.1 Å². The van der Waals surface area contributed by atoms with Crippen LogP contribution in [0.25, 0.3) is 11.0 Å². The first-order chi connectivity index (χ1) is 13.5. The predicted molar refractivity (Wildman–Crippen MR) is 103 cm³/mol. The molecule has 1 aromatic heterocycles. The second-order valence-corrected chi connectivity index (χ2v) is 7.65. The van der Waals surface area contributed by atoms with Crippen molar-refractivity contribution in [2.45, 2.75) is 31.6 Å². The number of ether oxygens (including phenoxy) is 2. The number of aromatic nitrogens is 2. The molecule has 2 atom stereocenters. The molecule has 5 nitrogen and oxygen atoms in total. The Hall–Kier alpha value is -2.03. The normalized spacial score (nSPS) is 17.9.